The summed E-state index contributed by atoms with van der Waals surface area (Å²) in [6, 6.07) is 11.4. The van der Waals surface area contributed by atoms with Crippen LogP contribution in [-0.2, 0) is 11.3 Å². The molecule has 1 aromatic carbocycles. The third-order valence-electron chi connectivity index (χ3n) is 4.59. The first-order valence-electron chi connectivity index (χ1n) is 8.97. The van der Waals surface area contributed by atoms with Crippen molar-refractivity contribution in [2.75, 3.05) is 11.9 Å². The normalized spacial score (nSPS) is 17.2. The van der Waals surface area contributed by atoms with Crippen LogP contribution in [0.15, 0.2) is 61.2 Å². The van der Waals surface area contributed by atoms with Crippen LogP contribution in [0.5, 0.6) is 0 Å². The first-order valence-corrected chi connectivity index (χ1v) is 8.97. The second-order valence-electron chi connectivity index (χ2n) is 6.53. The number of aromatic nitrogens is 3. The van der Waals surface area contributed by atoms with Crippen LogP contribution in [0.3, 0.4) is 0 Å². The lowest BCUT2D eigenvalue weighted by molar-refractivity contribution is 0.00401. The van der Waals surface area contributed by atoms with E-state index in [1.165, 1.54) is 6.42 Å². The number of hydrogen-bond acceptors (Lipinski definition) is 3. The number of carbonyl (C=O) groups excluding carboxylic acids is 1. The van der Waals surface area contributed by atoms with E-state index in [2.05, 4.69) is 10.4 Å². The molecule has 3 heterocycles. The van der Waals surface area contributed by atoms with Gasteiger partial charge in [-0.15, -0.1) is 0 Å². The smallest absolute Gasteiger partial charge is 0.255 e. The van der Waals surface area contributed by atoms with Gasteiger partial charge in [0.15, 0.2) is 0 Å². The maximum Gasteiger partial charge on any atom is 0.255 e. The summed E-state index contributed by atoms with van der Waals surface area (Å²) in [7, 11) is 0. The van der Waals surface area contributed by atoms with Gasteiger partial charge in [-0.3, -0.25) is 9.48 Å². The molecular weight excluding hydrogens is 328 g/mol. The van der Waals surface area contributed by atoms with E-state index in [9.17, 15) is 4.79 Å². The van der Waals surface area contributed by atoms with Crippen molar-refractivity contribution >= 4 is 11.6 Å². The van der Waals surface area contributed by atoms with E-state index < -0.39 is 0 Å². The van der Waals surface area contributed by atoms with Crippen LogP contribution < -0.4 is 5.32 Å². The van der Waals surface area contributed by atoms with Gasteiger partial charge in [0, 0.05) is 36.4 Å². The second kappa shape index (κ2) is 7.58. The molecule has 0 bridgehead atoms. The predicted molar refractivity (Wildman–Crippen MR) is 99.5 cm³/mol. The quantitative estimate of drug-likeness (QED) is 0.766. The minimum Gasteiger partial charge on any atom is -0.376 e. The summed E-state index contributed by atoms with van der Waals surface area (Å²) < 4.78 is 9.57. The highest BCUT2D eigenvalue weighted by molar-refractivity contribution is 6.04. The number of nitrogens with one attached hydrogen (secondary N) is 1. The lowest BCUT2D eigenvalue weighted by Gasteiger charge is -2.22. The van der Waals surface area contributed by atoms with Gasteiger partial charge >= 0.3 is 0 Å². The van der Waals surface area contributed by atoms with Crippen molar-refractivity contribution in [1.82, 2.24) is 14.3 Å². The van der Waals surface area contributed by atoms with Crippen LogP contribution in [-0.4, -0.2) is 33.0 Å². The summed E-state index contributed by atoms with van der Waals surface area (Å²) in [6.07, 6.45) is 11.1. The summed E-state index contributed by atoms with van der Waals surface area (Å²) >= 11 is 0. The Balaban J connectivity index is 1.37. The molecule has 3 aromatic rings. The van der Waals surface area contributed by atoms with E-state index in [1.807, 2.05) is 64.2 Å². The highest BCUT2D eigenvalue weighted by atomic mass is 16.5. The molecule has 1 fully saturated rings. The molecule has 6 heteroatoms. The van der Waals surface area contributed by atoms with Crippen LogP contribution in [0.2, 0.25) is 0 Å². The van der Waals surface area contributed by atoms with Gasteiger partial charge in [-0.2, -0.15) is 5.10 Å². The molecule has 0 unspecified atom stereocenters. The van der Waals surface area contributed by atoms with E-state index in [1.54, 1.807) is 6.20 Å². The van der Waals surface area contributed by atoms with Gasteiger partial charge in [0.05, 0.1) is 24.5 Å². The molecule has 0 aliphatic carbocycles. The zero-order valence-corrected chi connectivity index (χ0v) is 14.5. The topological polar surface area (TPSA) is 61.1 Å². The fraction of sp³-hybridized carbons (Fsp3) is 0.300. The summed E-state index contributed by atoms with van der Waals surface area (Å²) in [5, 5.41) is 7.22. The molecule has 6 nitrogen and oxygen atoms in total. The molecule has 1 aliphatic rings. The monoisotopic (exact) mass is 350 g/mol. The Kier molecular flexibility index (Phi) is 4.84. The Labute approximate surface area is 152 Å². The minimum absolute atomic E-state index is 0.141. The van der Waals surface area contributed by atoms with Crippen molar-refractivity contribution in [2.24, 2.45) is 0 Å². The van der Waals surface area contributed by atoms with Gasteiger partial charge in [-0.05, 0) is 55.7 Å². The molecule has 0 saturated carbocycles. The molecule has 2 aromatic heterocycles. The fourth-order valence-electron chi connectivity index (χ4n) is 3.18. The van der Waals surface area contributed by atoms with Gasteiger partial charge in [-0.25, -0.2) is 0 Å². The molecule has 26 heavy (non-hydrogen) atoms. The molecule has 0 radical (unpaired) electrons. The third kappa shape index (κ3) is 3.86. The largest absolute Gasteiger partial charge is 0.376 e. The molecule has 134 valence electrons. The van der Waals surface area contributed by atoms with Crippen LogP contribution in [0.25, 0.3) is 5.69 Å². The second-order valence-corrected chi connectivity index (χ2v) is 6.53. The number of ether oxygens (including phenoxy) is 1. The van der Waals surface area contributed by atoms with Crippen LogP contribution in [0.1, 0.15) is 29.6 Å². The number of carbonyl (C=O) groups is 1. The van der Waals surface area contributed by atoms with Gasteiger partial charge in [0.25, 0.3) is 5.91 Å². The highest BCUT2D eigenvalue weighted by Crippen LogP contribution is 2.16. The number of hydrogen-bond donors (Lipinski definition) is 1. The summed E-state index contributed by atoms with van der Waals surface area (Å²) in [5.41, 5.74) is 2.33. The van der Waals surface area contributed by atoms with Crippen molar-refractivity contribution in [3.05, 3.63) is 66.7 Å². The Hall–Kier alpha value is -2.86. The summed E-state index contributed by atoms with van der Waals surface area (Å²) in [4.78, 5) is 12.4. The maximum atomic E-state index is 12.4. The maximum absolute atomic E-state index is 12.4. The van der Waals surface area contributed by atoms with Crippen LogP contribution in [0, 0.1) is 0 Å². The molecule has 1 amide bonds. The standard InChI is InChI=1S/C20H22N4O2/c25-20(16-6-8-18(9-7-16)23-10-2-3-11-23)22-17-13-21-24(14-17)15-19-5-1-4-12-26-19/h2-3,6-11,13-14,19H,1,4-5,12,15H2,(H,22,25)/t19-/m1/s1. The van der Waals surface area contributed by atoms with Crippen LogP contribution in [0.4, 0.5) is 5.69 Å². The summed E-state index contributed by atoms with van der Waals surface area (Å²) in [6.45, 7) is 1.55. The van der Waals surface area contributed by atoms with Crippen molar-refractivity contribution in [1.29, 1.82) is 0 Å². The predicted octanol–water partition coefficient (Wildman–Crippen LogP) is 3.50. The van der Waals surface area contributed by atoms with E-state index in [0.29, 0.717) is 11.3 Å². The third-order valence-corrected chi connectivity index (χ3v) is 4.59. The van der Waals surface area contributed by atoms with Gasteiger partial charge in [0.1, 0.15) is 0 Å². The van der Waals surface area contributed by atoms with Crippen molar-refractivity contribution in [3.63, 3.8) is 0 Å². The Morgan fingerprint density at radius 2 is 2.00 bits per heavy atom. The molecule has 1 aliphatic heterocycles. The molecule has 1 saturated heterocycles. The number of amides is 1. The van der Waals surface area contributed by atoms with Gasteiger partial charge in [-0.1, -0.05) is 0 Å². The highest BCUT2D eigenvalue weighted by Gasteiger charge is 2.15. The lowest BCUT2D eigenvalue weighted by atomic mass is 10.1. The SMILES string of the molecule is O=C(Nc1cnn(C[C@H]2CCCCO2)c1)c1ccc(-n2cccc2)cc1. The van der Waals surface area contributed by atoms with Crippen LogP contribution >= 0.6 is 0 Å². The Morgan fingerprint density at radius 1 is 1.19 bits per heavy atom. The van der Waals surface area contributed by atoms with E-state index in [0.717, 1.165) is 31.7 Å². The van der Waals surface area contributed by atoms with Crippen molar-refractivity contribution in [3.8, 4) is 5.69 Å². The number of rotatable bonds is 5. The Bertz CT molecular complexity index is 846. The first-order chi connectivity index (χ1) is 12.8. The average Bonchev–Trinajstić information content (AvgIpc) is 3.35. The van der Waals surface area contributed by atoms with E-state index >= 15 is 0 Å². The molecule has 4 rings (SSSR count). The molecule has 0 spiro atoms. The van der Waals surface area contributed by atoms with Gasteiger partial charge in [0.2, 0.25) is 0 Å². The number of benzene rings is 1. The minimum atomic E-state index is -0.141. The first kappa shape index (κ1) is 16.6. The van der Waals surface area contributed by atoms with Crippen molar-refractivity contribution < 1.29 is 9.53 Å². The van der Waals surface area contributed by atoms with E-state index in [-0.39, 0.29) is 12.0 Å². The van der Waals surface area contributed by atoms with Crippen molar-refractivity contribution in [2.45, 2.75) is 31.9 Å². The number of anilines is 1. The fourth-order valence-corrected chi connectivity index (χ4v) is 3.18. The molecular formula is C20H22N4O2. The lowest BCUT2D eigenvalue weighted by Crippen LogP contribution is -2.24. The zero-order valence-electron chi connectivity index (χ0n) is 14.5. The molecule has 1 N–H and O–H groups in total. The van der Waals surface area contributed by atoms with E-state index in [4.69, 9.17) is 4.74 Å². The number of nitrogens with zero attached hydrogens (tertiary/aromatic N) is 3. The van der Waals surface area contributed by atoms with Gasteiger partial charge < -0.3 is 14.6 Å². The zero-order chi connectivity index (χ0) is 17.8. The Morgan fingerprint density at radius 3 is 2.73 bits per heavy atom. The average molecular weight is 350 g/mol. The molecule has 1 atom stereocenters. The summed E-state index contributed by atoms with van der Waals surface area (Å²) in [5.74, 6) is -0.141.